The second kappa shape index (κ2) is 9.27. The predicted octanol–water partition coefficient (Wildman–Crippen LogP) is 2.40. The minimum Gasteiger partial charge on any atom is -0.478 e. The first kappa shape index (κ1) is 18.3. The van der Waals surface area contributed by atoms with E-state index in [1.807, 2.05) is 4.90 Å². The number of aromatic carboxylic acids is 1. The maximum absolute atomic E-state index is 12.4. The molecule has 0 bridgehead atoms. The quantitative estimate of drug-likeness (QED) is 0.766. The van der Waals surface area contributed by atoms with Gasteiger partial charge in [-0.3, -0.25) is 0 Å². The third-order valence-corrected chi connectivity index (χ3v) is 4.31. The zero-order chi connectivity index (χ0) is 17.4. The summed E-state index contributed by atoms with van der Waals surface area (Å²) in [5, 5.41) is 11.8. The highest BCUT2D eigenvalue weighted by Gasteiger charge is 2.16. The highest BCUT2D eigenvalue weighted by Crippen LogP contribution is 2.08. The smallest absolute Gasteiger partial charge is 0.335 e. The number of nitrogens with one attached hydrogen (secondary N) is 1. The Morgan fingerprint density at radius 3 is 2.42 bits per heavy atom. The van der Waals surface area contributed by atoms with Gasteiger partial charge in [-0.25, -0.2) is 9.59 Å². The lowest BCUT2D eigenvalue weighted by Gasteiger charge is -2.25. The molecule has 1 fully saturated rings. The van der Waals surface area contributed by atoms with Crippen LogP contribution in [0.2, 0.25) is 0 Å². The van der Waals surface area contributed by atoms with Gasteiger partial charge in [0.1, 0.15) is 0 Å². The zero-order valence-corrected chi connectivity index (χ0v) is 14.3. The fourth-order valence-electron chi connectivity index (χ4n) is 2.91. The molecule has 1 aromatic carbocycles. The standard InChI is InChI=1S/C18H27N3O3/c1-2-9-21(13-12-20-10-3-4-11-20)18(24)19-14-15-5-7-16(8-6-15)17(22)23/h5-8H,2-4,9-14H2,1H3,(H,19,24)(H,22,23). The third-order valence-electron chi connectivity index (χ3n) is 4.31. The van der Waals surface area contributed by atoms with E-state index in [1.165, 1.54) is 12.8 Å². The van der Waals surface area contributed by atoms with Crippen LogP contribution in [0.1, 0.15) is 42.1 Å². The van der Waals surface area contributed by atoms with Crippen molar-refractivity contribution < 1.29 is 14.7 Å². The summed E-state index contributed by atoms with van der Waals surface area (Å²) in [4.78, 5) is 27.5. The average Bonchev–Trinajstić information content (AvgIpc) is 3.10. The van der Waals surface area contributed by atoms with Crippen molar-refractivity contribution in [1.29, 1.82) is 0 Å². The summed E-state index contributed by atoms with van der Waals surface area (Å²) in [6.45, 7) is 7.18. The number of nitrogens with zero attached hydrogens (tertiary/aromatic N) is 2. The first-order valence-corrected chi connectivity index (χ1v) is 8.67. The second-order valence-electron chi connectivity index (χ2n) is 6.20. The van der Waals surface area contributed by atoms with Gasteiger partial charge in [-0.2, -0.15) is 0 Å². The lowest BCUT2D eigenvalue weighted by molar-refractivity contribution is 0.0697. The lowest BCUT2D eigenvalue weighted by Crippen LogP contribution is -2.43. The minimum atomic E-state index is -0.943. The Bertz CT molecular complexity index is 539. The number of carboxylic acid groups (broad SMARTS) is 1. The number of rotatable bonds is 8. The van der Waals surface area contributed by atoms with E-state index < -0.39 is 5.97 Å². The van der Waals surface area contributed by atoms with E-state index in [1.54, 1.807) is 24.3 Å². The number of hydrogen-bond acceptors (Lipinski definition) is 3. The van der Waals surface area contributed by atoms with Gasteiger partial charge in [0.25, 0.3) is 0 Å². The predicted molar refractivity (Wildman–Crippen MR) is 93.2 cm³/mol. The van der Waals surface area contributed by atoms with Gasteiger partial charge in [0, 0.05) is 26.2 Å². The number of likely N-dealkylation sites (tertiary alicyclic amines) is 1. The van der Waals surface area contributed by atoms with Gasteiger partial charge in [-0.05, 0) is 50.0 Å². The molecular weight excluding hydrogens is 306 g/mol. The molecule has 0 radical (unpaired) electrons. The van der Waals surface area contributed by atoms with Crippen LogP contribution >= 0.6 is 0 Å². The highest BCUT2D eigenvalue weighted by atomic mass is 16.4. The first-order valence-electron chi connectivity index (χ1n) is 8.67. The van der Waals surface area contributed by atoms with E-state index in [0.717, 1.165) is 44.7 Å². The number of benzene rings is 1. The van der Waals surface area contributed by atoms with Crippen molar-refractivity contribution in [2.45, 2.75) is 32.7 Å². The van der Waals surface area contributed by atoms with Gasteiger partial charge in [0.05, 0.1) is 5.56 Å². The van der Waals surface area contributed by atoms with Crippen molar-refractivity contribution in [1.82, 2.24) is 15.1 Å². The van der Waals surface area contributed by atoms with Crippen LogP contribution in [0.25, 0.3) is 0 Å². The van der Waals surface area contributed by atoms with Gasteiger partial charge in [-0.1, -0.05) is 19.1 Å². The molecule has 1 aliphatic heterocycles. The molecule has 0 spiro atoms. The van der Waals surface area contributed by atoms with Crippen LogP contribution in [0.5, 0.6) is 0 Å². The van der Waals surface area contributed by atoms with E-state index in [2.05, 4.69) is 17.1 Å². The molecule has 2 rings (SSSR count). The molecule has 2 amide bonds. The topological polar surface area (TPSA) is 72.9 Å². The lowest BCUT2D eigenvalue weighted by atomic mass is 10.1. The summed E-state index contributed by atoms with van der Waals surface area (Å²) < 4.78 is 0. The molecule has 0 aliphatic carbocycles. The number of carbonyl (C=O) groups is 2. The van der Waals surface area contributed by atoms with E-state index >= 15 is 0 Å². The molecule has 1 saturated heterocycles. The molecule has 0 atom stereocenters. The van der Waals surface area contributed by atoms with Crippen LogP contribution in [0.3, 0.4) is 0 Å². The molecule has 6 heteroatoms. The number of hydrogen-bond donors (Lipinski definition) is 2. The maximum atomic E-state index is 12.4. The van der Waals surface area contributed by atoms with Crippen molar-refractivity contribution in [3.8, 4) is 0 Å². The van der Waals surface area contributed by atoms with Gasteiger partial charge in [0.15, 0.2) is 0 Å². The van der Waals surface area contributed by atoms with E-state index in [0.29, 0.717) is 6.54 Å². The second-order valence-corrected chi connectivity index (χ2v) is 6.20. The third kappa shape index (κ3) is 5.53. The molecule has 0 aromatic heterocycles. The van der Waals surface area contributed by atoms with Gasteiger partial charge >= 0.3 is 12.0 Å². The molecule has 1 aromatic rings. The fraction of sp³-hybridized carbons (Fsp3) is 0.556. The largest absolute Gasteiger partial charge is 0.478 e. The van der Waals surface area contributed by atoms with Gasteiger partial charge < -0.3 is 20.2 Å². The van der Waals surface area contributed by atoms with E-state index in [-0.39, 0.29) is 11.6 Å². The zero-order valence-electron chi connectivity index (χ0n) is 14.3. The van der Waals surface area contributed by atoms with Crippen LogP contribution in [-0.4, -0.2) is 59.6 Å². The molecule has 24 heavy (non-hydrogen) atoms. The Kier molecular flexibility index (Phi) is 7.06. The Labute approximate surface area is 143 Å². The fourth-order valence-corrected chi connectivity index (χ4v) is 2.91. The first-order chi connectivity index (χ1) is 11.6. The van der Waals surface area contributed by atoms with Crippen LogP contribution in [-0.2, 0) is 6.54 Å². The highest BCUT2D eigenvalue weighted by molar-refractivity contribution is 5.87. The molecule has 0 saturated carbocycles. The van der Waals surface area contributed by atoms with Crippen molar-refractivity contribution in [3.63, 3.8) is 0 Å². The Hall–Kier alpha value is -2.08. The Morgan fingerprint density at radius 1 is 1.17 bits per heavy atom. The molecular formula is C18H27N3O3. The monoisotopic (exact) mass is 333 g/mol. The summed E-state index contributed by atoms with van der Waals surface area (Å²) in [5.74, 6) is -0.943. The van der Waals surface area contributed by atoms with E-state index in [4.69, 9.17) is 5.11 Å². The maximum Gasteiger partial charge on any atom is 0.335 e. The summed E-state index contributed by atoms with van der Waals surface area (Å²) in [6, 6.07) is 6.52. The van der Waals surface area contributed by atoms with Crippen LogP contribution in [0.4, 0.5) is 4.79 Å². The molecule has 1 heterocycles. The van der Waals surface area contributed by atoms with Crippen LogP contribution < -0.4 is 5.32 Å². The van der Waals surface area contributed by atoms with Crippen molar-refractivity contribution in [2.24, 2.45) is 0 Å². The van der Waals surface area contributed by atoms with Crippen molar-refractivity contribution in [3.05, 3.63) is 35.4 Å². The molecule has 1 aliphatic rings. The Morgan fingerprint density at radius 2 is 1.83 bits per heavy atom. The summed E-state index contributed by atoms with van der Waals surface area (Å²) in [6.07, 6.45) is 3.44. The van der Waals surface area contributed by atoms with Crippen LogP contribution in [0, 0.1) is 0 Å². The van der Waals surface area contributed by atoms with Gasteiger partial charge in [0.2, 0.25) is 0 Å². The summed E-state index contributed by atoms with van der Waals surface area (Å²) in [5.41, 5.74) is 1.15. The minimum absolute atomic E-state index is 0.0571. The number of urea groups is 1. The number of amides is 2. The SMILES string of the molecule is CCCN(CCN1CCCC1)C(=O)NCc1ccc(C(=O)O)cc1. The average molecular weight is 333 g/mol. The van der Waals surface area contributed by atoms with Gasteiger partial charge in [-0.15, -0.1) is 0 Å². The van der Waals surface area contributed by atoms with Crippen LogP contribution in [0.15, 0.2) is 24.3 Å². The van der Waals surface area contributed by atoms with Crippen molar-refractivity contribution in [2.75, 3.05) is 32.7 Å². The number of carboxylic acids is 1. The molecule has 0 unspecified atom stereocenters. The Balaban J connectivity index is 1.81. The van der Waals surface area contributed by atoms with E-state index in [9.17, 15) is 9.59 Å². The normalized spacial score (nSPS) is 14.5. The molecule has 6 nitrogen and oxygen atoms in total. The molecule has 132 valence electrons. The molecule has 2 N–H and O–H groups in total. The summed E-state index contributed by atoms with van der Waals surface area (Å²) >= 11 is 0. The van der Waals surface area contributed by atoms with Crippen molar-refractivity contribution >= 4 is 12.0 Å². The number of carbonyl (C=O) groups excluding carboxylic acids is 1. The summed E-state index contributed by atoms with van der Waals surface area (Å²) in [7, 11) is 0.